The maximum absolute atomic E-state index is 12.1. The van der Waals surface area contributed by atoms with E-state index in [1.807, 2.05) is 6.92 Å². The highest BCUT2D eigenvalue weighted by Gasteiger charge is 2.40. The third kappa shape index (κ3) is 3.73. The molecule has 1 aliphatic heterocycles. The SMILES string of the molecule is COC(=O)C(C)(CCN1CCCC(C)C1C)NC1CC1. The Morgan fingerprint density at radius 1 is 1.35 bits per heavy atom. The lowest BCUT2D eigenvalue weighted by molar-refractivity contribution is -0.148. The summed E-state index contributed by atoms with van der Waals surface area (Å²) >= 11 is 0. The van der Waals surface area contributed by atoms with Crippen LogP contribution in [-0.4, -0.2) is 48.7 Å². The Labute approximate surface area is 123 Å². The molecule has 1 saturated heterocycles. The topological polar surface area (TPSA) is 41.6 Å². The van der Waals surface area contributed by atoms with Crippen molar-refractivity contribution in [1.29, 1.82) is 0 Å². The molecule has 1 N–H and O–H groups in total. The Morgan fingerprint density at radius 3 is 2.65 bits per heavy atom. The van der Waals surface area contributed by atoms with Crippen LogP contribution in [-0.2, 0) is 9.53 Å². The Hall–Kier alpha value is -0.610. The van der Waals surface area contributed by atoms with Crippen LogP contribution in [0, 0.1) is 5.92 Å². The van der Waals surface area contributed by atoms with Crippen LogP contribution < -0.4 is 5.32 Å². The van der Waals surface area contributed by atoms with E-state index < -0.39 is 5.54 Å². The highest BCUT2D eigenvalue weighted by molar-refractivity contribution is 5.80. The molecule has 3 atom stereocenters. The number of nitrogens with one attached hydrogen (secondary N) is 1. The Bertz CT molecular complexity index is 343. The monoisotopic (exact) mass is 282 g/mol. The van der Waals surface area contributed by atoms with Gasteiger partial charge < -0.3 is 9.64 Å². The van der Waals surface area contributed by atoms with Crippen molar-refractivity contribution in [2.24, 2.45) is 5.92 Å². The van der Waals surface area contributed by atoms with Crippen molar-refractivity contribution >= 4 is 5.97 Å². The molecule has 1 heterocycles. The fourth-order valence-electron chi connectivity index (χ4n) is 3.24. The van der Waals surface area contributed by atoms with Gasteiger partial charge in [-0.3, -0.25) is 10.1 Å². The lowest BCUT2D eigenvalue weighted by atomic mass is 9.90. The summed E-state index contributed by atoms with van der Waals surface area (Å²) in [5.41, 5.74) is -0.531. The summed E-state index contributed by atoms with van der Waals surface area (Å²) in [6, 6.07) is 1.13. The zero-order chi connectivity index (χ0) is 14.8. The van der Waals surface area contributed by atoms with Crippen molar-refractivity contribution in [2.75, 3.05) is 20.2 Å². The third-order valence-corrected chi connectivity index (χ3v) is 5.14. The van der Waals surface area contributed by atoms with Gasteiger partial charge in [-0.15, -0.1) is 0 Å². The van der Waals surface area contributed by atoms with Gasteiger partial charge in [0.25, 0.3) is 0 Å². The average Bonchev–Trinajstić information content (AvgIpc) is 3.23. The Morgan fingerprint density at radius 2 is 2.05 bits per heavy atom. The molecule has 2 rings (SSSR count). The predicted octanol–water partition coefficient (Wildman–Crippen LogP) is 2.18. The van der Waals surface area contributed by atoms with Crippen LogP contribution in [0.4, 0.5) is 0 Å². The number of piperidine rings is 1. The van der Waals surface area contributed by atoms with E-state index in [1.165, 1.54) is 32.8 Å². The number of rotatable bonds is 6. The van der Waals surface area contributed by atoms with Crippen LogP contribution in [0.1, 0.15) is 52.9 Å². The van der Waals surface area contributed by atoms with Gasteiger partial charge in [-0.05, 0) is 58.4 Å². The summed E-state index contributed by atoms with van der Waals surface area (Å²) in [6.45, 7) is 8.77. The van der Waals surface area contributed by atoms with Crippen molar-refractivity contribution in [3.8, 4) is 0 Å². The lowest BCUT2D eigenvalue weighted by Gasteiger charge is -2.40. The van der Waals surface area contributed by atoms with E-state index in [-0.39, 0.29) is 5.97 Å². The summed E-state index contributed by atoms with van der Waals surface area (Å²) in [6.07, 6.45) is 5.80. The Balaban J connectivity index is 1.92. The molecule has 0 bridgehead atoms. The highest BCUT2D eigenvalue weighted by Crippen LogP contribution is 2.27. The number of methoxy groups -OCH3 is 1. The molecule has 0 aromatic carbocycles. The molecule has 116 valence electrons. The van der Waals surface area contributed by atoms with Crippen molar-refractivity contribution in [3.05, 3.63) is 0 Å². The second-order valence-electron chi connectivity index (χ2n) is 6.89. The van der Waals surface area contributed by atoms with Crippen molar-refractivity contribution in [3.63, 3.8) is 0 Å². The van der Waals surface area contributed by atoms with Gasteiger partial charge in [-0.2, -0.15) is 0 Å². The van der Waals surface area contributed by atoms with Gasteiger partial charge in [-0.1, -0.05) is 6.92 Å². The maximum atomic E-state index is 12.1. The number of ether oxygens (including phenoxy) is 1. The van der Waals surface area contributed by atoms with Crippen molar-refractivity contribution < 1.29 is 9.53 Å². The molecule has 20 heavy (non-hydrogen) atoms. The van der Waals surface area contributed by atoms with Gasteiger partial charge in [0.05, 0.1) is 7.11 Å². The zero-order valence-corrected chi connectivity index (χ0v) is 13.4. The van der Waals surface area contributed by atoms with Gasteiger partial charge in [0.2, 0.25) is 0 Å². The van der Waals surface area contributed by atoms with E-state index >= 15 is 0 Å². The summed E-state index contributed by atoms with van der Waals surface area (Å²) in [7, 11) is 1.49. The molecule has 1 aliphatic carbocycles. The Kier molecular flexibility index (Phi) is 5.08. The number of hydrogen-bond donors (Lipinski definition) is 1. The molecular weight excluding hydrogens is 252 g/mol. The molecule has 0 aromatic heterocycles. The minimum Gasteiger partial charge on any atom is -0.468 e. The smallest absolute Gasteiger partial charge is 0.325 e. The van der Waals surface area contributed by atoms with Crippen LogP contribution in [0.25, 0.3) is 0 Å². The van der Waals surface area contributed by atoms with E-state index in [4.69, 9.17) is 4.74 Å². The molecular formula is C16H30N2O2. The first-order valence-corrected chi connectivity index (χ1v) is 8.06. The molecule has 4 heteroatoms. The standard InChI is InChI=1S/C16H30N2O2/c1-12-6-5-10-18(13(12)2)11-9-16(3,15(19)20-4)17-14-7-8-14/h12-14,17H,5-11H2,1-4H3. The quantitative estimate of drug-likeness (QED) is 0.758. The average molecular weight is 282 g/mol. The number of hydrogen-bond acceptors (Lipinski definition) is 4. The molecule has 4 nitrogen and oxygen atoms in total. The van der Waals surface area contributed by atoms with Gasteiger partial charge in [0, 0.05) is 18.6 Å². The number of esters is 1. The predicted molar refractivity (Wildman–Crippen MR) is 80.6 cm³/mol. The van der Waals surface area contributed by atoms with Crippen LogP contribution in [0.2, 0.25) is 0 Å². The molecule has 3 unspecified atom stereocenters. The first-order valence-electron chi connectivity index (χ1n) is 8.06. The largest absolute Gasteiger partial charge is 0.468 e. The summed E-state index contributed by atoms with van der Waals surface area (Å²) in [5.74, 6) is 0.631. The van der Waals surface area contributed by atoms with E-state index in [1.54, 1.807) is 0 Å². The van der Waals surface area contributed by atoms with Gasteiger partial charge in [-0.25, -0.2) is 0 Å². The van der Waals surface area contributed by atoms with E-state index in [0.29, 0.717) is 12.1 Å². The first kappa shape index (κ1) is 15.8. The van der Waals surface area contributed by atoms with Gasteiger partial charge >= 0.3 is 5.97 Å². The van der Waals surface area contributed by atoms with Crippen LogP contribution >= 0.6 is 0 Å². The highest BCUT2D eigenvalue weighted by atomic mass is 16.5. The molecule has 0 aromatic rings. The normalized spacial score (nSPS) is 30.8. The fraction of sp³-hybridized carbons (Fsp3) is 0.938. The van der Waals surface area contributed by atoms with Gasteiger partial charge in [0.1, 0.15) is 5.54 Å². The molecule has 0 spiro atoms. The van der Waals surface area contributed by atoms with E-state index in [2.05, 4.69) is 24.1 Å². The maximum Gasteiger partial charge on any atom is 0.325 e. The molecule has 2 fully saturated rings. The van der Waals surface area contributed by atoms with Gasteiger partial charge in [0.15, 0.2) is 0 Å². The first-order chi connectivity index (χ1) is 9.46. The van der Waals surface area contributed by atoms with Crippen LogP contribution in [0.5, 0.6) is 0 Å². The molecule has 0 amide bonds. The number of likely N-dealkylation sites (tertiary alicyclic amines) is 1. The summed E-state index contributed by atoms with van der Waals surface area (Å²) in [4.78, 5) is 14.6. The third-order valence-electron chi connectivity index (χ3n) is 5.14. The molecule has 2 aliphatic rings. The minimum absolute atomic E-state index is 0.123. The minimum atomic E-state index is -0.531. The summed E-state index contributed by atoms with van der Waals surface area (Å²) < 4.78 is 5.01. The molecule has 0 radical (unpaired) electrons. The fourth-order valence-corrected chi connectivity index (χ4v) is 3.24. The number of carbonyl (C=O) groups excluding carboxylic acids is 1. The second kappa shape index (κ2) is 6.44. The van der Waals surface area contributed by atoms with E-state index in [9.17, 15) is 4.79 Å². The number of carbonyl (C=O) groups is 1. The molecule has 1 saturated carbocycles. The van der Waals surface area contributed by atoms with Crippen LogP contribution in [0.3, 0.4) is 0 Å². The second-order valence-corrected chi connectivity index (χ2v) is 6.89. The van der Waals surface area contributed by atoms with Crippen LogP contribution in [0.15, 0.2) is 0 Å². The van der Waals surface area contributed by atoms with E-state index in [0.717, 1.165) is 25.4 Å². The van der Waals surface area contributed by atoms with Crippen molar-refractivity contribution in [1.82, 2.24) is 10.2 Å². The zero-order valence-electron chi connectivity index (χ0n) is 13.4. The summed E-state index contributed by atoms with van der Waals surface area (Å²) in [5, 5.41) is 3.48. The lowest BCUT2D eigenvalue weighted by Crippen LogP contribution is -2.54. The number of nitrogens with zero attached hydrogens (tertiary/aromatic N) is 1. The van der Waals surface area contributed by atoms with Crippen molar-refractivity contribution in [2.45, 2.75) is 70.5 Å².